The van der Waals surface area contributed by atoms with E-state index in [0.717, 1.165) is 5.56 Å². The van der Waals surface area contributed by atoms with E-state index in [-0.39, 0.29) is 10.8 Å². The molecule has 116 valence electrons. The molecule has 0 aliphatic heterocycles. The first kappa shape index (κ1) is 17.5. The van der Waals surface area contributed by atoms with Crippen molar-refractivity contribution in [2.75, 3.05) is 6.54 Å². The Kier molecular flexibility index (Phi) is 6.25. The van der Waals surface area contributed by atoms with Crippen molar-refractivity contribution in [2.24, 2.45) is 5.73 Å². The number of sulfonamides is 1. The number of carbonyl (C=O) groups excluding carboxylic acids is 1. The highest BCUT2D eigenvalue weighted by Gasteiger charge is 2.21. The van der Waals surface area contributed by atoms with Crippen molar-refractivity contribution in [3.63, 3.8) is 0 Å². The predicted octanol–water partition coefficient (Wildman–Crippen LogP) is 0.318. The van der Waals surface area contributed by atoms with Crippen molar-refractivity contribution >= 4 is 33.1 Å². The van der Waals surface area contributed by atoms with Crippen LogP contribution in [0.4, 0.5) is 0 Å². The van der Waals surface area contributed by atoms with Crippen LogP contribution >= 0.6 is 12.2 Å². The summed E-state index contributed by atoms with van der Waals surface area (Å²) < 4.78 is 26.6. The van der Waals surface area contributed by atoms with E-state index in [9.17, 15) is 13.2 Å². The van der Waals surface area contributed by atoms with E-state index in [0.29, 0.717) is 18.0 Å². The number of thiocarbonyl (C=S) groups is 1. The molecule has 0 saturated heterocycles. The van der Waals surface area contributed by atoms with Crippen LogP contribution in [0.25, 0.3) is 0 Å². The van der Waals surface area contributed by atoms with Crippen LogP contribution < -0.4 is 15.8 Å². The summed E-state index contributed by atoms with van der Waals surface area (Å²) in [5.74, 6) is -0.369. The Morgan fingerprint density at radius 3 is 2.38 bits per heavy atom. The predicted molar refractivity (Wildman–Crippen MR) is 85.4 cm³/mol. The van der Waals surface area contributed by atoms with E-state index < -0.39 is 16.1 Å². The molecule has 0 heterocycles. The van der Waals surface area contributed by atoms with Gasteiger partial charge < -0.3 is 11.1 Å². The highest BCUT2D eigenvalue weighted by molar-refractivity contribution is 7.89. The lowest BCUT2D eigenvalue weighted by Gasteiger charge is -2.14. The molecular weight excluding hydrogens is 310 g/mol. The number of amides is 1. The third-order valence-corrected chi connectivity index (χ3v) is 4.39. The van der Waals surface area contributed by atoms with E-state index in [4.69, 9.17) is 18.0 Å². The Morgan fingerprint density at radius 2 is 1.90 bits per heavy atom. The molecule has 4 N–H and O–H groups in total. The molecule has 0 bridgehead atoms. The molecule has 0 saturated carbocycles. The van der Waals surface area contributed by atoms with Gasteiger partial charge in [-0.1, -0.05) is 24.4 Å². The molecule has 0 fully saturated rings. The van der Waals surface area contributed by atoms with Gasteiger partial charge in [-0.3, -0.25) is 4.79 Å². The summed E-state index contributed by atoms with van der Waals surface area (Å²) in [5.41, 5.74) is 6.26. The van der Waals surface area contributed by atoms with Crippen molar-refractivity contribution in [1.82, 2.24) is 10.0 Å². The first-order valence-corrected chi connectivity index (χ1v) is 8.32. The summed E-state index contributed by atoms with van der Waals surface area (Å²) in [6.45, 7) is 3.70. The smallest absolute Gasteiger partial charge is 0.241 e. The fourth-order valence-corrected chi connectivity index (χ4v) is 3.04. The van der Waals surface area contributed by atoms with Crippen molar-refractivity contribution in [3.05, 3.63) is 29.8 Å². The summed E-state index contributed by atoms with van der Waals surface area (Å²) in [5, 5.41) is 2.56. The first-order valence-electron chi connectivity index (χ1n) is 6.43. The SMILES string of the molecule is CCNC(=O)C(C)NS(=O)(=O)c1ccc(CC(N)=S)cc1. The number of benzene rings is 1. The molecule has 0 spiro atoms. The topological polar surface area (TPSA) is 101 Å². The number of nitrogens with one attached hydrogen (secondary N) is 2. The summed E-state index contributed by atoms with van der Waals surface area (Å²) >= 11 is 4.80. The number of carbonyl (C=O) groups is 1. The maximum atomic E-state index is 12.1. The maximum Gasteiger partial charge on any atom is 0.241 e. The van der Waals surface area contributed by atoms with E-state index in [1.807, 2.05) is 0 Å². The van der Waals surface area contributed by atoms with Crippen molar-refractivity contribution in [2.45, 2.75) is 31.2 Å². The fraction of sp³-hybridized carbons (Fsp3) is 0.385. The van der Waals surface area contributed by atoms with E-state index in [1.165, 1.54) is 19.1 Å². The van der Waals surface area contributed by atoms with Gasteiger partial charge >= 0.3 is 0 Å². The van der Waals surface area contributed by atoms with Gasteiger partial charge in [0, 0.05) is 13.0 Å². The minimum absolute atomic E-state index is 0.0883. The number of likely N-dealkylation sites (N-methyl/N-ethyl adjacent to an activating group) is 1. The quantitative estimate of drug-likeness (QED) is 0.625. The van der Waals surface area contributed by atoms with Gasteiger partial charge in [-0.15, -0.1) is 0 Å². The standard InChI is InChI=1S/C13H19N3O3S2/c1-3-15-13(17)9(2)16-21(18,19)11-6-4-10(5-7-11)8-12(14)20/h4-7,9,16H,3,8H2,1-2H3,(H2,14,20)(H,15,17). The van der Waals surface area contributed by atoms with Gasteiger partial charge in [0.1, 0.15) is 0 Å². The second kappa shape index (κ2) is 7.48. The van der Waals surface area contributed by atoms with E-state index >= 15 is 0 Å². The maximum absolute atomic E-state index is 12.1. The summed E-state index contributed by atoms with van der Waals surface area (Å²) in [7, 11) is -3.74. The van der Waals surface area contributed by atoms with E-state index in [1.54, 1.807) is 19.1 Å². The molecule has 0 aliphatic carbocycles. The third kappa shape index (κ3) is 5.41. The molecule has 21 heavy (non-hydrogen) atoms. The zero-order chi connectivity index (χ0) is 16.0. The Labute approximate surface area is 130 Å². The summed E-state index contributed by atoms with van der Waals surface area (Å²) in [6, 6.07) is 5.36. The fourth-order valence-electron chi connectivity index (χ4n) is 1.67. The van der Waals surface area contributed by atoms with Crippen LogP contribution in [0.2, 0.25) is 0 Å². The lowest BCUT2D eigenvalue weighted by atomic mass is 10.1. The van der Waals surface area contributed by atoms with Gasteiger partial charge in [-0.25, -0.2) is 8.42 Å². The first-order chi connectivity index (χ1) is 9.76. The molecule has 0 aromatic heterocycles. The van der Waals surface area contributed by atoms with Gasteiger partial charge in [-0.05, 0) is 31.5 Å². The second-order valence-corrected chi connectivity index (χ2v) is 6.76. The van der Waals surface area contributed by atoms with Crippen molar-refractivity contribution in [1.29, 1.82) is 0 Å². The lowest BCUT2D eigenvalue weighted by molar-refractivity contribution is -0.122. The number of hydrogen-bond acceptors (Lipinski definition) is 4. The summed E-state index contributed by atoms with van der Waals surface area (Å²) in [6.07, 6.45) is 0.415. The third-order valence-electron chi connectivity index (χ3n) is 2.69. The van der Waals surface area contributed by atoms with Gasteiger partial charge in [0.05, 0.1) is 15.9 Å². The monoisotopic (exact) mass is 329 g/mol. The minimum atomic E-state index is -3.74. The molecule has 6 nitrogen and oxygen atoms in total. The molecule has 1 aromatic rings. The highest BCUT2D eigenvalue weighted by Crippen LogP contribution is 2.11. The molecule has 1 aromatic carbocycles. The molecule has 0 aliphatic rings. The normalized spacial score (nSPS) is 12.7. The van der Waals surface area contributed by atoms with Crippen LogP contribution in [0.15, 0.2) is 29.2 Å². The second-order valence-electron chi connectivity index (χ2n) is 4.52. The number of rotatable bonds is 7. The molecule has 0 radical (unpaired) electrons. The van der Waals surface area contributed by atoms with Gasteiger partial charge in [-0.2, -0.15) is 4.72 Å². The average Bonchev–Trinajstić information content (AvgIpc) is 2.38. The number of nitrogens with two attached hydrogens (primary N) is 1. The van der Waals surface area contributed by atoms with Crippen LogP contribution in [0.1, 0.15) is 19.4 Å². The Morgan fingerprint density at radius 1 is 1.33 bits per heavy atom. The van der Waals surface area contributed by atoms with Gasteiger partial charge in [0.25, 0.3) is 0 Å². The van der Waals surface area contributed by atoms with Crippen molar-refractivity contribution < 1.29 is 13.2 Å². The zero-order valence-corrected chi connectivity index (χ0v) is 13.6. The summed E-state index contributed by atoms with van der Waals surface area (Å²) in [4.78, 5) is 12.0. The van der Waals surface area contributed by atoms with Crippen LogP contribution in [0, 0.1) is 0 Å². The van der Waals surface area contributed by atoms with Crippen LogP contribution in [-0.2, 0) is 21.2 Å². The number of hydrogen-bond donors (Lipinski definition) is 3. The Balaban J connectivity index is 2.83. The molecular formula is C13H19N3O3S2. The molecule has 1 unspecified atom stereocenters. The van der Waals surface area contributed by atoms with Gasteiger partial charge in [0.2, 0.25) is 15.9 Å². The zero-order valence-electron chi connectivity index (χ0n) is 11.9. The average molecular weight is 329 g/mol. The van der Waals surface area contributed by atoms with Crippen LogP contribution in [-0.4, -0.2) is 31.9 Å². The molecule has 8 heteroatoms. The Bertz CT molecular complexity index is 612. The molecule has 1 amide bonds. The molecule has 1 atom stereocenters. The lowest BCUT2D eigenvalue weighted by Crippen LogP contribution is -2.44. The highest BCUT2D eigenvalue weighted by atomic mass is 32.2. The minimum Gasteiger partial charge on any atom is -0.393 e. The van der Waals surface area contributed by atoms with Crippen molar-refractivity contribution in [3.8, 4) is 0 Å². The van der Waals surface area contributed by atoms with Gasteiger partial charge in [0.15, 0.2) is 0 Å². The Hall–Kier alpha value is -1.51. The largest absolute Gasteiger partial charge is 0.393 e. The van der Waals surface area contributed by atoms with Crippen LogP contribution in [0.5, 0.6) is 0 Å². The van der Waals surface area contributed by atoms with E-state index in [2.05, 4.69) is 10.0 Å². The molecule has 1 rings (SSSR count). The van der Waals surface area contributed by atoms with Crippen LogP contribution in [0.3, 0.4) is 0 Å².